The van der Waals surface area contributed by atoms with Gasteiger partial charge in [0, 0.05) is 32.6 Å². The van der Waals surface area contributed by atoms with Crippen LogP contribution in [-0.4, -0.2) is 59.3 Å². The van der Waals surface area contributed by atoms with Crippen LogP contribution in [0, 0.1) is 11.7 Å². The molecule has 2 aliphatic heterocycles. The molecule has 4 rings (SSSR count). The Kier molecular flexibility index (Phi) is 6.42. The summed E-state index contributed by atoms with van der Waals surface area (Å²) in [7, 11) is 0. The van der Waals surface area contributed by atoms with Gasteiger partial charge in [-0.1, -0.05) is 12.1 Å². The molecular weight excluding hydrogens is 387 g/mol. The van der Waals surface area contributed by atoms with Gasteiger partial charge in [-0.05, 0) is 42.9 Å². The number of carbonyl (C=O) groups excluding carboxylic acids is 2. The third kappa shape index (κ3) is 4.87. The minimum atomic E-state index is -0.272. The highest BCUT2D eigenvalue weighted by molar-refractivity contribution is 5.95. The van der Waals surface area contributed by atoms with Gasteiger partial charge in [-0.25, -0.2) is 4.39 Å². The molecule has 2 amide bonds. The van der Waals surface area contributed by atoms with Crippen LogP contribution in [0.15, 0.2) is 30.5 Å². The molecule has 30 heavy (non-hydrogen) atoms. The third-order valence-corrected chi connectivity index (χ3v) is 5.85. The van der Waals surface area contributed by atoms with Crippen molar-refractivity contribution in [2.45, 2.75) is 32.2 Å². The van der Waals surface area contributed by atoms with Crippen molar-refractivity contribution in [1.29, 1.82) is 0 Å². The Morgan fingerprint density at radius 1 is 1.17 bits per heavy atom. The van der Waals surface area contributed by atoms with Gasteiger partial charge in [-0.2, -0.15) is 5.10 Å². The lowest BCUT2D eigenvalue weighted by molar-refractivity contribution is -0.121. The van der Waals surface area contributed by atoms with E-state index < -0.39 is 0 Å². The van der Waals surface area contributed by atoms with Crippen molar-refractivity contribution in [3.63, 3.8) is 0 Å². The van der Waals surface area contributed by atoms with Crippen molar-refractivity contribution in [2.75, 3.05) is 32.8 Å². The molecule has 2 aromatic rings. The molecule has 1 unspecified atom stereocenters. The second kappa shape index (κ2) is 9.38. The maximum Gasteiger partial charge on any atom is 0.257 e. The topological polar surface area (TPSA) is 76.5 Å². The Morgan fingerprint density at radius 2 is 1.93 bits per heavy atom. The molecule has 0 radical (unpaired) electrons. The maximum absolute atomic E-state index is 13.0. The van der Waals surface area contributed by atoms with Crippen LogP contribution in [0.2, 0.25) is 0 Å². The molecule has 7 nitrogen and oxygen atoms in total. The Bertz CT molecular complexity index is 890. The van der Waals surface area contributed by atoms with Gasteiger partial charge in [0.15, 0.2) is 0 Å². The largest absolute Gasteiger partial charge is 0.378 e. The number of aromatic nitrogens is 2. The molecule has 1 saturated heterocycles. The van der Waals surface area contributed by atoms with Crippen LogP contribution < -0.4 is 5.32 Å². The van der Waals surface area contributed by atoms with Crippen molar-refractivity contribution in [1.82, 2.24) is 20.0 Å². The first kappa shape index (κ1) is 20.5. The number of carbonyl (C=O) groups is 2. The molecule has 1 N–H and O–H groups in total. The first-order chi connectivity index (χ1) is 14.6. The highest BCUT2D eigenvalue weighted by Gasteiger charge is 2.28. The number of halogens is 1. The molecule has 0 saturated carbocycles. The summed E-state index contributed by atoms with van der Waals surface area (Å²) in [5.41, 5.74) is 2.58. The molecule has 3 heterocycles. The Labute approximate surface area is 175 Å². The van der Waals surface area contributed by atoms with Crippen LogP contribution in [0.25, 0.3) is 0 Å². The van der Waals surface area contributed by atoms with Gasteiger partial charge < -0.3 is 15.0 Å². The lowest BCUT2D eigenvalue weighted by Crippen LogP contribution is -2.41. The SMILES string of the molecule is O=C(CCc1ccc(F)cc1)NCC1CCn2ncc(C(=O)N3CCOCC3)c2C1. The molecule has 1 atom stereocenters. The van der Waals surface area contributed by atoms with Crippen LogP contribution in [0.5, 0.6) is 0 Å². The number of aryl methyl sites for hydroxylation is 2. The monoisotopic (exact) mass is 414 g/mol. The zero-order chi connectivity index (χ0) is 20.9. The van der Waals surface area contributed by atoms with Gasteiger partial charge in [-0.15, -0.1) is 0 Å². The smallest absolute Gasteiger partial charge is 0.257 e. The van der Waals surface area contributed by atoms with Crippen molar-refractivity contribution in [3.8, 4) is 0 Å². The van der Waals surface area contributed by atoms with E-state index in [1.165, 1.54) is 12.1 Å². The molecule has 1 aromatic heterocycles. The first-order valence-corrected chi connectivity index (χ1v) is 10.5. The summed E-state index contributed by atoms with van der Waals surface area (Å²) < 4.78 is 20.2. The van der Waals surface area contributed by atoms with Gasteiger partial charge in [-0.3, -0.25) is 14.3 Å². The van der Waals surface area contributed by atoms with Crippen LogP contribution in [-0.2, 0) is 28.9 Å². The highest BCUT2D eigenvalue weighted by atomic mass is 19.1. The summed E-state index contributed by atoms with van der Waals surface area (Å²) >= 11 is 0. The summed E-state index contributed by atoms with van der Waals surface area (Å²) in [4.78, 5) is 26.9. The van der Waals surface area contributed by atoms with Crippen molar-refractivity contribution in [3.05, 3.63) is 53.1 Å². The number of amides is 2. The van der Waals surface area contributed by atoms with E-state index in [4.69, 9.17) is 4.74 Å². The van der Waals surface area contributed by atoms with E-state index in [-0.39, 0.29) is 23.5 Å². The maximum atomic E-state index is 13.0. The Balaban J connectivity index is 1.28. The van der Waals surface area contributed by atoms with Gasteiger partial charge in [0.2, 0.25) is 5.91 Å². The zero-order valence-electron chi connectivity index (χ0n) is 17.0. The average Bonchev–Trinajstić information content (AvgIpc) is 3.20. The second-order valence-electron chi connectivity index (χ2n) is 7.92. The minimum Gasteiger partial charge on any atom is -0.378 e. The van der Waals surface area contributed by atoms with E-state index in [9.17, 15) is 14.0 Å². The molecule has 0 spiro atoms. The minimum absolute atomic E-state index is 0.0111. The molecule has 160 valence electrons. The quantitative estimate of drug-likeness (QED) is 0.782. The highest BCUT2D eigenvalue weighted by Crippen LogP contribution is 2.24. The molecule has 0 bridgehead atoms. The average molecular weight is 414 g/mol. The van der Waals surface area contributed by atoms with Crippen molar-refractivity contribution in [2.24, 2.45) is 5.92 Å². The van der Waals surface area contributed by atoms with Gasteiger partial charge in [0.05, 0.1) is 30.7 Å². The van der Waals surface area contributed by atoms with E-state index in [0.29, 0.717) is 51.3 Å². The van der Waals surface area contributed by atoms with Crippen LogP contribution in [0.3, 0.4) is 0 Å². The van der Waals surface area contributed by atoms with Crippen LogP contribution >= 0.6 is 0 Å². The number of benzene rings is 1. The normalized spacial score (nSPS) is 18.7. The fourth-order valence-electron chi connectivity index (χ4n) is 4.04. The number of nitrogens with one attached hydrogen (secondary N) is 1. The Morgan fingerprint density at radius 3 is 2.70 bits per heavy atom. The summed E-state index contributed by atoms with van der Waals surface area (Å²) in [5.74, 6) is 0.0120. The van der Waals surface area contributed by atoms with Crippen LogP contribution in [0.4, 0.5) is 4.39 Å². The van der Waals surface area contributed by atoms with E-state index in [0.717, 1.165) is 30.6 Å². The number of hydrogen-bond donors (Lipinski definition) is 1. The third-order valence-electron chi connectivity index (χ3n) is 5.85. The van der Waals surface area contributed by atoms with E-state index in [1.807, 2.05) is 9.58 Å². The summed E-state index contributed by atoms with van der Waals surface area (Å²) in [6.07, 6.45) is 4.28. The van der Waals surface area contributed by atoms with Gasteiger partial charge in [0.1, 0.15) is 5.82 Å². The summed E-state index contributed by atoms with van der Waals surface area (Å²) in [5, 5.41) is 7.41. The molecule has 8 heteroatoms. The van der Waals surface area contributed by atoms with E-state index in [2.05, 4.69) is 10.4 Å². The van der Waals surface area contributed by atoms with E-state index >= 15 is 0 Å². The molecule has 1 aromatic carbocycles. The molecule has 1 fully saturated rings. The van der Waals surface area contributed by atoms with Gasteiger partial charge in [0.25, 0.3) is 5.91 Å². The zero-order valence-corrected chi connectivity index (χ0v) is 17.0. The number of nitrogens with zero attached hydrogens (tertiary/aromatic N) is 3. The predicted molar refractivity (Wildman–Crippen MR) is 108 cm³/mol. The predicted octanol–water partition coefficient (Wildman–Crippen LogP) is 1.81. The number of morpholine rings is 1. The lowest BCUT2D eigenvalue weighted by atomic mass is 9.94. The van der Waals surface area contributed by atoms with Crippen molar-refractivity contribution < 1.29 is 18.7 Å². The fourth-order valence-corrected chi connectivity index (χ4v) is 4.04. The van der Waals surface area contributed by atoms with E-state index in [1.54, 1.807) is 18.3 Å². The number of ether oxygens (including phenoxy) is 1. The fraction of sp³-hybridized carbons (Fsp3) is 0.500. The standard InChI is InChI=1S/C22H27FN4O3/c23-18-4-1-16(2-5-18)3-6-21(28)24-14-17-7-8-27-20(13-17)19(15-25-27)22(29)26-9-11-30-12-10-26/h1-2,4-5,15,17H,3,6-14H2,(H,24,28). The summed E-state index contributed by atoms with van der Waals surface area (Å²) in [6, 6.07) is 6.23. The van der Waals surface area contributed by atoms with Crippen molar-refractivity contribution >= 4 is 11.8 Å². The van der Waals surface area contributed by atoms with Crippen LogP contribution in [0.1, 0.15) is 34.5 Å². The lowest BCUT2D eigenvalue weighted by Gasteiger charge is -2.28. The molecular formula is C22H27FN4O3. The summed E-state index contributed by atoms with van der Waals surface area (Å²) in [6.45, 7) is 3.69. The number of hydrogen-bond acceptors (Lipinski definition) is 4. The first-order valence-electron chi connectivity index (χ1n) is 10.5. The van der Waals surface area contributed by atoms with Gasteiger partial charge >= 0.3 is 0 Å². The number of rotatable bonds is 6. The molecule has 2 aliphatic rings. The molecule has 0 aliphatic carbocycles. The Hall–Kier alpha value is -2.74. The second-order valence-corrected chi connectivity index (χ2v) is 7.92. The number of fused-ring (bicyclic) bond motifs is 1.